The third-order valence-corrected chi connectivity index (χ3v) is 1.83. The Labute approximate surface area is 64.7 Å². The van der Waals surface area contributed by atoms with E-state index in [4.69, 9.17) is 0 Å². The number of aromatic nitrogens is 1. The van der Waals surface area contributed by atoms with Crippen molar-refractivity contribution < 1.29 is 9.36 Å². The molecule has 1 aromatic rings. The Morgan fingerprint density at radius 1 is 1.55 bits per heavy atom. The van der Waals surface area contributed by atoms with Crippen molar-refractivity contribution in [2.75, 3.05) is 5.32 Å². The molecule has 0 saturated carbocycles. The molecule has 2 rings (SSSR count). The monoisotopic (exact) mass is 149 g/mol. The Hall–Kier alpha value is -1.38. The SMILES string of the molecule is CC1Nc2cccc[n+]2C1=O. The van der Waals surface area contributed by atoms with Gasteiger partial charge in [-0.25, -0.2) is 4.79 Å². The fraction of sp³-hybridized carbons (Fsp3) is 0.250. The Balaban J connectivity index is 2.55. The highest BCUT2D eigenvalue weighted by atomic mass is 16.2. The molecule has 1 atom stereocenters. The van der Waals surface area contributed by atoms with Gasteiger partial charge in [0.05, 0.1) is 6.20 Å². The van der Waals surface area contributed by atoms with Crippen LogP contribution < -0.4 is 9.88 Å². The number of carbonyl (C=O) groups is 1. The Bertz CT molecular complexity index is 309. The van der Waals surface area contributed by atoms with Gasteiger partial charge in [0.15, 0.2) is 6.04 Å². The molecule has 0 amide bonds. The lowest BCUT2D eigenvalue weighted by molar-refractivity contribution is -0.552. The Morgan fingerprint density at radius 3 is 3.09 bits per heavy atom. The number of nitrogens with zero attached hydrogens (tertiary/aromatic N) is 1. The van der Waals surface area contributed by atoms with Crippen molar-refractivity contribution in [3.8, 4) is 0 Å². The summed E-state index contributed by atoms with van der Waals surface area (Å²) in [5.41, 5.74) is 0. The normalized spacial score (nSPS) is 21.2. The van der Waals surface area contributed by atoms with Crippen molar-refractivity contribution in [1.29, 1.82) is 0 Å². The molecular weight excluding hydrogens is 140 g/mol. The second-order valence-corrected chi connectivity index (χ2v) is 2.66. The fourth-order valence-electron chi connectivity index (χ4n) is 1.25. The van der Waals surface area contributed by atoms with Crippen molar-refractivity contribution in [3.05, 3.63) is 24.4 Å². The van der Waals surface area contributed by atoms with Crippen LogP contribution in [0.3, 0.4) is 0 Å². The van der Waals surface area contributed by atoms with E-state index in [0.29, 0.717) is 0 Å². The van der Waals surface area contributed by atoms with Crippen LogP contribution in [-0.2, 0) is 0 Å². The zero-order valence-electron chi connectivity index (χ0n) is 6.24. The summed E-state index contributed by atoms with van der Waals surface area (Å²) in [4.78, 5) is 11.3. The van der Waals surface area contributed by atoms with Crippen molar-refractivity contribution in [1.82, 2.24) is 0 Å². The molecule has 1 aliphatic heterocycles. The fourth-order valence-corrected chi connectivity index (χ4v) is 1.25. The summed E-state index contributed by atoms with van der Waals surface area (Å²) < 4.78 is 1.63. The maximum atomic E-state index is 11.3. The van der Waals surface area contributed by atoms with Crippen LogP contribution in [0.25, 0.3) is 0 Å². The maximum absolute atomic E-state index is 11.3. The molecular formula is C8H9N2O+. The van der Waals surface area contributed by atoms with Crippen LogP contribution in [-0.4, -0.2) is 11.9 Å². The molecule has 1 aliphatic rings. The maximum Gasteiger partial charge on any atom is 0.358 e. The molecule has 0 aliphatic carbocycles. The van der Waals surface area contributed by atoms with E-state index in [0.717, 1.165) is 5.82 Å². The average molecular weight is 149 g/mol. The van der Waals surface area contributed by atoms with Gasteiger partial charge in [-0.05, 0) is 13.0 Å². The number of pyridine rings is 1. The molecule has 0 saturated heterocycles. The molecule has 0 aromatic carbocycles. The summed E-state index contributed by atoms with van der Waals surface area (Å²) in [6.45, 7) is 1.86. The first kappa shape index (κ1) is 6.34. The summed E-state index contributed by atoms with van der Waals surface area (Å²) in [6.07, 6.45) is 1.77. The second-order valence-electron chi connectivity index (χ2n) is 2.66. The van der Waals surface area contributed by atoms with Crippen molar-refractivity contribution >= 4 is 11.7 Å². The summed E-state index contributed by atoms with van der Waals surface area (Å²) >= 11 is 0. The zero-order valence-corrected chi connectivity index (χ0v) is 6.24. The van der Waals surface area contributed by atoms with Crippen LogP contribution in [0.4, 0.5) is 5.82 Å². The molecule has 56 valence electrons. The van der Waals surface area contributed by atoms with E-state index in [1.807, 2.05) is 25.1 Å². The van der Waals surface area contributed by atoms with Crippen molar-refractivity contribution in [2.45, 2.75) is 13.0 Å². The molecule has 3 nitrogen and oxygen atoms in total. The van der Waals surface area contributed by atoms with E-state index in [9.17, 15) is 4.79 Å². The minimum atomic E-state index is -0.0857. The summed E-state index contributed by atoms with van der Waals surface area (Å²) in [7, 11) is 0. The lowest BCUT2D eigenvalue weighted by atomic mass is 10.3. The number of nitrogens with one attached hydrogen (secondary N) is 1. The number of anilines is 1. The number of carbonyl (C=O) groups excluding carboxylic acids is 1. The zero-order chi connectivity index (χ0) is 7.84. The van der Waals surface area contributed by atoms with Crippen LogP contribution in [0.5, 0.6) is 0 Å². The third kappa shape index (κ3) is 0.808. The largest absolute Gasteiger partial charge is 0.358 e. The molecule has 1 aromatic heterocycles. The van der Waals surface area contributed by atoms with E-state index < -0.39 is 0 Å². The first-order chi connectivity index (χ1) is 5.29. The Morgan fingerprint density at radius 2 is 2.36 bits per heavy atom. The first-order valence-electron chi connectivity index (χ1n) is 3.60. The first-order valence-corrected chi connectivity index (χ1v) is 3.60. The minimum Gasteiger partial charge on any atom is -0.260 e. The predicted octanol–water partition coefficient (Wildman–Crippen LogP) is 0.428. The van der Waals surface area contributed by atoms with Crippen molar-refractivity contribution in [2.24, 2.45) is 0 Å². The number of hydrogen-bond donors (Lipinski definition) is 1. The molecule has 0 spiro atoms. The molecule has 0 radical (unpaired) electrons. The molecule has 11 heavy (non-hydrogen) atoms. The highest BCUT2D eigenvalue weighted by Crippen LogP contribution is 2.07. The van der Waals surface area contributed by atoms with Gasteiger partial charge in [-0.2, -0.15) is 4.57 Å². The molecule has 0 fully saturated rings. The van der Waals surface area contributed by atoms with E-state index in [1.54, 1.807) is 10.8 Å². The highest BCUT2D eigenvalue weighted by molar-refractivity contribution is 5.80. The van der Waals surface area contributed by atoms with Gasteiger partial charge in [0.1, 0.15) is 0 Å². The summed E-state index contributed by atoms with van der Waals surface area (Å²) in [6, 6.07) is 5.56. The number of fused-ring (bicyclic) bond motifs is 1. The van der Waals surface area contributed by atoms with E-state index in [1.165, 1.54) is 0 Å². The second kappa shape index (κ2) is 2.05. The van der Waals surface area contributed by atoms with Crippen LogP contribution in [0.15, 0.2) is 24.4 Å². The van der Waals surface area contributed by atoms with Gasteiger partial charge in [-0.3, -0.25) is 5.32 Å². The lowest BCUT2D eigenvalue weighted by Gasteiger charge is -1.87. The number of hydrogen-bond acceptors (Lipinski definition) is 2. The van der Waals surface area contributed by atoms with Gasteiger partial charge in [-0.15, -0.1) is 0 Å². The van der Waals surface area contributed by atoms with Crippen LogP contribution in [0, 0.1) is 0 Å². The molecule has 2 heterocycles. The van der Waals surface area contributed by atoms with Gasteiger partial charge >= 0.3 is 5.91 Å². The molecule has 0 bridgehead atoms. The Kier molecular flexibility index (Phi) is 1.18. The smallest absolute Gasteiger partial charge is 0.260 e. The molecule has 1 N–H and O–H groups in total. The topological polar surface area (TPSA) is 33.0 Å². The van der Waals surface area contributed by atoms with Gasteiger partial charge in [-0.1, -0.05) is 6.07 Å². The standard InChI is InChI=1S/C8H8N2O/c1-6-8(11)10-5-3-2-4-7(10)9-6/h2-6H,1H3/p+1. The quantitative estimate of drug-likeness (QED) is 0.542. The van der Waals surface area contributed by atoms with Crippen LogP contribution in [0.2, 0.25) is 0 Å². The molecule has 1 unspecified atom stereocenters. The highest BCUT2D eigenvalue weighted by Gasteiger charge is 2.33. The van der Waals surface area contributed by atoms with Gasteiger partial charge in [0.25, 0.3) is 5.82 Å². The number of rotatable bonds is 0. The minimum absolute atomic E-state index is 0.0857. The van der Waals surface area contributed by atoms with E-state index in [-0.39, 0.29) is 11.9 Å². The van der Waals surface area contributed by atoms with Crippen LogP contribution in [0.1, 0.15) is 11.7 Å². The van der Waals surface area contributed by atoms with Crippen molar-refractivity contribution in [3.63, 3.8) is 0 Å². The van der Waals surface area contributed by atoms with Gasteiger partial charge in [0.2, 0.25) is 0 Å². The van der Waals surface area contributed by atoms with E-state index in [2.05, 4.69) is 5.32 Å². The predicted molar refractivity (Wildman–Crippen MR) is 40.3 cm³/mol. The van der Waals surface area contributed by atoms with Gasteiger partial charge < -0.3 is 0 Å². The summed E-state index contributed by atoms with van der Waals surface area (Å²) in [5, 5.41) is 3.06. The third-order valence-electron chi connectivity index (χ3n) is 1.83. The summed E-state index contributed by atoms with van der Waals surface area (Å²) in [5.74, 6) is 0.991. The molecule has 3 heteroatoms. The van der Waals surface area contributed by atoms with E-state index >= 15 is 0 Å². The van der Waals surface area contributed by atoms with Gasteiger partial charge in [0, 0.05) is 6.07 Å². The lowest BCUT2D eigenvalue weighted by Crippen LogP contribution is -2.41. The van der Waals surface area contributed by atoms with Crippen LogP contribution >= 0.6 is 0 Å². The average Bonchev–Trinajstić information content (AvgIpc) is 2.30.